The summed E-state index contributed by atoms with van der Waals surface area (Å²) in [5, 5.41) is 2.64. The third-order valence-corrected chi connectivity index (χ3v) is 5.84. The van der Waals surface area contributed by atoms with Crippen LogP contribution in [-0.2, 0) is 9.59 Å². The van der Waals surface area contributed by atoms with Gasteiger partial charge in [0, 0.05) is 24.1 Å². The molecule has 168 valence electrons. The maximum Gasteiger partial charge on any atom is 0.265 e. The van der Waals surface area contributed by atoms with E-state index in [1.807, 2.05) is 68.4 Å². The molecule has 3 aromatic rings. The van der Waals surface area contributed by atoms with Gasteiger partial charge >= 0.3 is 0 Å². The summed E-state index contributed by atoms with van der Waals surface area (Å²) >= 11 is 5.00. The van der Waals surface area contributed by atoms with Crippen LogP contribution in [0, 0.1) is 13.8 Å². The van der Waals surface area contributed by atoms with Gasteiger partial charge in [0.1, 0.15) is 22.8 Å². The second-order valence-electron chi connectivity index (χ2n) is 7.61. The van der Waals surface area contributed by atoms with Gasteiger partial charge in [-0.25, -0.2) is 0 Å². The Labute approximate surface area is 197 Å². The van der Waals surface area contributed by atoms with E-state index >= 15 is 0 Å². The lowest BCUT2D eigenvalue weighted by atomic mass is 10.1. The van der Waals surface area contributed by atoms with E-state index in [9.17, 15) is 9.59 Å². The van der Waals surface area contributed by atoms with Crippen molar-refractivity contribution in [2.24, 2.45) is 0 Å². The van der Waals surface area contributed by atoms with Crippen LogP contribution in [0.1, 0.15) is 17.0 Å². The first kappa shape index (κ1) is 22.3. The quantitative estimate of drug-likeness (QED) is 0.351. The number of methoxy groups -OCH3 is 1. The minimum absolute atomic E-state index is 0.0505. The highest BCUT2D eigenvalue weighted by Crippen LogP contribution is 2.28. The molecule has 0 bridgehead atoms. The van der Waals surface area contributed by atoms with Crippen LogP contribution < -0.4 is 14.8 Å². The van der Waals surface area contributed by atoms with Gasteiger partial charge in [-0.1, -0.05) is 0 Å². The van der Waals surface area contributed by atoms with Gasteiger partial charge < -0.3 is 14.0 Å². The molecule has 1 N–H and O–H groups in total. The van der Waals surface area contributed by atoms with Gasteiger partial charge in [0.2, 0.25) is 0 Å². The molecule has 1 fully saturated rings. The van der Waals surface area contributed by atoms with Crippen LogP contribution in [0.2, 0.25) is 0 Å². The predicted octanol–water partition coefficient (Wildman–Crippen LogP) is 4.15. The fraction of sp³-hybridized carbons (Fsp3) is 0.160. The average Bonchev–Trinajstić information content (AvgIpc) is 3.09. The number of amides is 2. The van der Waals surface area contributed by atoms with Crippen molar-refractivity contribution in [3.8, 4) is 22.9 Å². The largest absolute Gasteiger partial charge is 0.497 e. The predicted molar refractivity (Wildman–Crippen MR) is 130 cm³/mol. The van der Waals surface area contributed by atoms with Crippen LogP contribution in [-0.4, -0.2) is 40.6 Å². The van der Waals surface area contributed by atoms with E-state index in [2.05, 4.69) is 9.88 Å². The number of likely N-dealkylation sites (N-methyl/N-ethyl adjacent to an activating group) is 1. The molecule has 33 heavy (non-hydrogen) atoms. The minimum Gasteiger partial charge on any atom is -0.497 e. The lowest BCUT2D eigenvalue weighted by Gasteiger charge is -2.25. The monoisotopic (exact) mass is 461 g/mol. The van der Waals surface area contributed by atoms with Crippen LogP contribution >= 0.6 is 12.2 Å². The summed E-state index contributed by atoms with van der Waals surface area (Å²) in [7, 11) is 3.16. The first-order valence-electron chi connectivity index (χ1n) is 10.2. The summed E-state index contributed by atoms with van der Waals surface area (Å²) in [6, 6.07) is 17.0. The fourth-order valence-electron chi connectivity index (χ4n) is 3.68. The smallest absolute Gasteiger partial charge is 0.265 e. The van der Waals surface area contributed by atoms with E-state index in [1.54, 1.807) is 13.2 Å². The molecule has 0 unspecified atom stereocenters. The van der Waals surface area contributed by atoms with Crippen LogP contribution in [0.5, 0.6) is 17.2 Å². The van der Waals surface area contributed by atoms with Crippen molar-refractivity contribution in [1.82, 2.24) is 14.8 Å². The van der Waals surface area contributed by atoms with Gasteiger partial charge in [-0.15, -0.1) is 0 Å². The van der Waals surface area contributed by atoms with Crippen LogP contribution in [0.3, 0.4) is 0 Å². The maximum atomic E-state index is 12.5. The van der Waals surface area contributed by atoms with Gasteiger partial charge in [-0.2, -0.15) is 0 Å². The molecule has 1 aliphatic rings. The van der Waals surface area contributed by atoms with Crippen molar-refractivity contribution in [3.63, 3.8) is 0 Å². The van der Waals surface area contributed by atoms with E-state index in [0.717, 1.165) is 28.4 Å². The van der Waals surface area contributed by atoms with Crippen LogP contribution in [0.25, 0.3) is 11.8 Å². The van der Waals surface area contributed by atoms with Gasteiger partial charge in [0.05, 0.1) is 7.11 Å². The zero-order valence-electron chi connectivity index (χ0n) is 18.7. The first-order chi connectivity index (χ1) is 15.8. The zero-order valence-corrected chi connectivity index (χ0v) is 19.5. The third-order valence-electron chi connectivity index (χ3n) is 5.46. The Morgan fingerprint density at radius 2 is 1.52 bits per heavy atom. The number of benzene rings is 2. The first-order valence-corrected chi connectivity index (χ1v) is 10.7. The molecule has 0 spiro atoms. The van der Waals surface area contributed by atoms with Crippen LogP contribution in [0.4, 0.5) is 0 Å². The normalized spacial score (nSPS) is 15.1. The molecule has 0 saturated carbocycles. The van der Waals surface area contributed by atoms with Crippen molar-refractivity contribution in [2.45, 2.75) is 13.8 Å². The summed E-state index contributed by atoms with van der Waals surface area (Å²) in [4.78, 5) is 26.1. The summed E-state index contributed by atoms with van der Waals surface area (Å²) < 4.78 is 13.1. The number of ether oxygens (including phenoxy) is 2. The highest BCUT2D eigenvalue weighted by molar-refractivity contribution is 7.80. The standard InChI is InChI=1S/C25H23N3O4S/c1-15-13-17(14-22-23(29)26-25(33)27(3)24(22)30)16(2)28(15)18-5-7-20(8-6-18)32-21-11-9-19(31-4)10-12-21/h5-14H,1-4H3,(H,26,29,33)/b22-14-. The molecular formula is C25H23N3O4S. The van der Waals surface area contributed by atoms with Gasteiger partial charge in [-0.05, 0) is 92.3 Å². The number of carbonyl (C=O) groups excluding carboxylic acids is 2. The highest BCUT2D eigenvalue weighted by Gasteiger charge is 2.31. The summed E-state index contributed by atoms with van der Waals surface area (Å²) in [5.41, 5.74) is 3.64. The summed E-state index contributed by atoms with van der Waals surface area (Å²) in [6.07, 6.45) is 1.61. The van der Waals surface area contributed by atoms with Crippen molar-refractivity contribution in [2.75, 3.05) is 14.2 Å². The van der Waals surface area contributed by atoms with Crippen molar-refractivity contribution < 1.29 is 19.1 Å². The molecule has 0 atom stereocenters. The Bertz CT molecular complexity index is 1270. The Morgan fingerprint density at radius 1 is 0.939 bits per heavy atom. The molecule has 2 amide bonds. The number of thiocarbonyl (C=S) groups is 1. The van der Waals surface area contributed by atoms with Gasteiger partial charge in [-0.3, -0.25) is 19.8 Å². The SMILES string of the molecule is COc1ccc(Oc2ccc(-n3c(C)cc(/C=C4/C(=O)NC(=S)N(C)C4=O)c3C)cc2)cc1. The molecule has 1 aromatic heterocycles. The number of aromatic nitrogens is 1. The summed E-state index contributed by atoms with van der Waals surface area (Å²) in [5.74, 6) is 1.27. The van der Waals surface area contributed by atoms with Crippen molar-refractivity contribution in [3.05, 3.63) is 77.1 Å². The average molecular weight is 462 g/mol. The van der Waals surface area contributed by atoms with E-state index in [1.165, 1.54) is 11.9 Å². The number of hydrogen-bond donors (Lipinski definition) is 1. The molecule has 1 saturated heterocycles. The minimum atomic E-state index is -0.493. The number of aryl methyl sites for hydroxylation is 1. The fourth-order valence-corrected chi connectivity index (χ4v) is 3.85. The molecular weight excluding hydrogens is 438 g/mol. The molecule has 1 aliphatic heterocycles. The van der Waals surface area contributed by atoms with E-state index in [0.29, 0.717) is 11.5 Å². The van der Waals surface area contributed by atoms with Crippen molar-refractivity contribution in [1.29, 1.82) is 0 Å². The molecule has 2 aromatic carbocycles. The number of nitrogens with one attached hydrogen (secondary N) is 1. The molecule has 7 nitrogen and oxygen atoms in total. The summed E-state index contributed by atoms with van der Waals surface area (Å²) in [6.45, 7) is 3.92. The number of hydrogen-bond acceptors (Lipinski definition) is 5. The Hall–Kier alpha value is -3.91. The van der Waals surface area contributed by atoms with Crippen molar-refractivity contribution >= 4 is 35.2 Å². The molecule has 0 radical (unpaired) electrons. The van der Waals surface area contributed by atoms with Gasteiger partial charge in [0.25, 0.3) is 11.8 Å². The zero-order chi connectivity index (χ0) is 23.7. The number of nitrogens with zero attached hydrogens (tertiary/aromatic N) is 2. The number of rotatable bonds is 5. The molecule has 4 rings (SSSR count). The topological polar surface area (TPSA) is 72.8 Å². The maximum absolute atomic E-state index is 12.5. The lowest BCUT2D eigenvalue weighted by molar-refractivity contribution is -0.128. The Morgan fingerprint density at radius 3 is 2.12 bits per heavy atom. The third kappa shape index (κ3) is 4.38. The Kier molecular flexibility index (Phi) is 6.02. The van der Waals surface area contributed by atoms with Gasteiger partial charge in [0.15, 0.2) is 5.11 Å². The lowest BCUT2D eigenvalue weighted by Crippen LogP contribution is -2.52. The van der Waals surface area contributed by atoms with E-state index in [-0.39, 0.29) is 10.7 Å². The molecule has 8 heteroatoms. The second-order valence-corrected chi connectivity index (χ2v) is 8.00. The molecule has 0 aliphatic carbocycles. The van der Waals surface area contributed by atoms with Crippen LogP contribution in [0.15, 0.2) is 60.2 Å². The highest BCUT2D eigenvalue weighted by atomic mass is 32.1. The Balaban J connectivity index is 1.59. The van der Waals surface area contributed by atoms with E-state index < -0.39 is 11.8 Å². The molecule has 2 heterocycles. The van der Waals surface area contributed by atoms with E-state index in [4.69, 9.17) is 21.7 Å². The number of carbonyl (C=O) groups is 2. The second kappa shape index (κ2) is 8.91.